The average Bonchev–Trinajstić information content (AvgIpc) is 2.80. The number of carbonyl (C=O) groups excluding carboxylic acids is 1. The molecule has 0 fully saturated rings. The Morgan fingerprint density at radius 2 is 1.23 bits per heavy atom. The van der Waals surface area contributed by atoms with Gasteiger partial charge in [-0.3, -0.25) is 0 Å². The van der Waals surface area contributed by atoms with Gasteiger partial charge in [-0.05, 0) is 37.1 Å². The Kier molecular flexibility index (Phi) is 12.1. The molecule has 0 radical (unpaired) electrons. The van der Waals surface area contributed by atoms with Crippen molar-refractivity contribution in [3.63, 3.8) is 0 Å². The lowest BCUT2D eigenvalue weighted by molar-refractivity contribution is 0.0725. The SMILES string of the molecule is CCCCCCCOc1ccc(C(=O)Oc2ccc(OCCCCCCC)nn2)cc1. The fraction of sp³-hybridized carbons (Fsp3) is 0.560. The third kappa shape index (κ3) is 10.3. The summed E-state index contributed by atoms with van der Waals surface area (Å²) in [4.78, 5) is 12.3. The molecule has 0 aliphatic heterocycles. The molecular formula is C25H36N2O4. The Balaban J connectivity index is 1.69. The second-order valence-corrected chi connectivity index (χ2v) is 7.65. The van der Waals surface area contributed by atoms with Gasteiger partial charge in [-0.2, -0.15) is 0 Å². The molecule has 2 aromatic rings. The van der Waals surface area contributed by atoms with Gasteiger partial charge in [0.1, 0.15) is 5.75 Å². The molecule has 2 rings (SSSR count). The minimum absolute atomic E-state index is 0.146. The molecule has 0 bridgehead atoms. The Morgan fingerprint density at radius 3 is 1.81 bits per heavy atom. The molecular weight excluding hydrogens is 392 g/mol. The molecule has 0 N–H and O–H groups in total. The molecule has 0 saturated heterocycles. The number of rotatable bonds is 16. The summed E-state index contributed by atoms with van der Waals surface area (Å²) >= 11 is 0. The maximum atomic E-state index is 12.3. The highest BCUT2D eigenvalue weighted by Gasteiger charge is 2.10. The second-order valence-electron chi connectivity index (χ2n) is 7.65. The van der Waals surface area contributed by atoms with Gasteiger partial charge in [0.2, 0.25) is 11.8 Å². The molecule has 6 nitrogen and oxygen atoms in total. The maximum absolute atomic E-state index is 12.3. The molecule has 0 atom stereocenters. The summed E-state index contributed by atoms with van der Waals surface area (Å²) in [5, 5.41) is 7.88. The Morgan fingerprint density at radius 1 is 0.677 bits per heavy atom. The normalized spacial score (nSPS) is 10.6. The highest BCUT2D eigenvalue weighted by molar-refractivity contribution is 5.90. The van der Waals surface area contributed by atoms with E-state index in [4.69, 9.17) is 14.2 Å². The van der Waals surface area contributed by atoms with E-state index in [-0.39, 0.29) is 5.88 Å². The Labute approximate surface area is 186 Å². The van der Waals surface area contributed by atoms with Crippen molar-refractivity contribution in [3.05, 3.63) is 42.0 Å². The van der Waals surface area contributed by atoms with E-state index in [0.29, 0.717) is 24.7 Å². The van der Waals surface area contributed by atoms with E-state index < -0.39 is 5.97 Å². The minimum atomic E-state index is -0.481. The van der Waals surface area contributed by atoms with Crippen LogP contribution in [-0.4, -0.2) is 29.4 Å². The van der Waals surface area contributed by atoms with E-state index in [1.807, 2.05) is 0 Å². The third-order valence-electron chi connectivity index (χ3n) is 4.92. The van der Waals surface area contributed by atoms with Crippen LogP contribution in [0, 0.1) is 0 Å². The lowest BCUT2D eigenvalue weighted by atomic mass is 10.2. The van der Waals surface area contributed by atoms with Crippen molar-refractivity contribution in [2.24, 2.45) is 0 Å². The van der Waals surface area contributed by atoms with Crippen LogP contribution in [0.5, 0.6) is 17.5 Å². The Hall–Kier alpha value is -2.63. The largest absolute Gasteiger partial charge is 0.494 e. The Bertz CT molecular complexity index is 732. The number of ether oxygens (including phenoxy) is 3. The van der Waals surface area contributed by atoms with E-state index in [0.717, 1.165) is 25.0 Å². The number of carbonyl (C=O) groups is 1. The quantitative estimate of drug-likeness (QED) is 0.228. The highest BCUT2D eigenvalue weighted by atomic mass is 16.5. The summed E-state index contributed by atoms with van der Waals surface area (Å²) in [5.41, 5.74) is 0.435. The van der Waals surface area contributed by atoms with Crippen LogP contribution in [0.25, 0.3) is 0 Å². The van der Waals surface area contributed by atoms with E-state index in [9.17, 15) is 4.79 Å². The second kappa shape index (κ2) is 15.2. The van der Waals surface area contributed by atoms with Crippen molar-refractivity contribution < 1.29 is 19.0 Å². The highest BCUT2D eigenvalue weighted by Crippen LogP contribution is 2.16. The van der Waals surface area contributed by atoms with E-state index >= 15 is 0 Å². The third-order valence-corrected chi connectivity index (χ3v) is 4.92. The zero-order valence-corrected chi connectivity index (χ0v) is 19.0. The number of aromatic nitrogens is 2. The molecule has 170 valence electrons. The molecule has 6 heteroatoms. The first kappa shape index (κ1) is 24.6. The van der Waals surface area contributed by atoms with Crippen molar-refractivity contribution in [2.45, 2.75) is 78.1 Å². The van der Waals surface area contributed by atoms with Crippen LogP contribution in [0.3, 0.4) is 0 Å². The van der Waals surface area contributed by atoms with Gasteiger partial charge in [0.05, 0.1) is 18.8 Å². The summed E-state index contributed by atoms with van der Waals surface area (Å²) in [6, 6.07) is 10.2. The van der Waals surface area contributed by atoms with Gasteiger partial charge in [0, 0.05) is 12.1 Å². The summed E-state index contributed by atoms with van der Waals surface area (Å²) in [5.74, 6) is 0.854. The van der Waals surface area contributed by atoms with Crippen LogP contribution in [0.1, 0.15) is 88.4 Å². The van der Waals surface area contributed by atoms with Crippen molar-refractivity contribution in [3.8, 4) is 17.5 Å². The first-order chi connectivity index (χ1) is 15.2. The molecule has 0 amide bonds. The zero-order chi connectivity index (χ0) is 22.2. The smallest absolute Gasteiger partial charge is 0.344 e. The van der Waals surface area contributed by atoms with Crippen LogP contribution >= 0.6 is 0 Å². The molecule has 0 saturated carbocycles. The number of nitrogens with zero attached hydrogens (tertiary/aromatic N) is 2. The molecule has 0 aliphatic rings. The number of hydrogen-bond donors (Lipinski definition) is 0. The lowest BCUT2D eigenvalue weighted by Crippen LogP contribution is -2.10. The number of esters is 1. The summed E-state index contributed by atoms with van der Waals surface area (Å²) in [6.07, 6.45) is 11.8. The van der Waals surface area contributed by atoms with Crippen LogP contribution in [0.4, 0.5) is 0 Å². The first-order valence-electron chi connectivity index (χ1n) is 11.6. The van der Waals surface area contributed by atoms with Crippen molar-refractivity contribution in [1.82, 2.24) is 10.2 Å². The van der Waals surface area contributed by atoms with E-state index in [2.05, 4.69) is 24.0 Å². The van der Waals surface area contributed by atoms with Crippen molar-refractivity contribution in [2.75, 3.05) is 13.2 Å². The number of benzene rings is 1. The number of unbranched alkanes of at least 4 members (excludes halogenated alkanes) is 8. The minimum Gasteiger partial charge on any atom is -0.494 e. The van der Waals surface area contributed by atoms with Crippen LogP contribution in [0.15, 0.2) is 36.4 Å². The monoisotopic (exact) mass is 428 g/mol. The fourth-order valence-corrected chi connectivity index (χ4v) is 3.06. The number of hydrogen-bond acceptors (Lipinski definition) is 6. The average molecular weight is 429 g/mol. The van der Waals surface area contributed by atoms with Gasteiger partial charge in [-0.1, -0.05) is 65.2 Å². The van der Waals surface area contributed by atoms with E-state index in [1.54, 1.807) is 36.4 Å². The predicted octanol–water partition coefficient (Wildman–Crippen LogP) is 6.39. The molecule has 0 aliphatic carbocycles. The molecule has 1 heterocycles. The summed E-state index contributed by atoms with van der Waals surface area (Å²) in [7, 11) is 0. The zero-order valence-electron chi connectivity index (χ0n) is 19.0. The van der Waals surface area contributed by atoms with Gasteiger partial charge in [0.25, 0.3) is 0 Å². The van der Waals surface area contributed by atoms with Gasteiger partial charge in [-0.25, -0.2) is 4.79 Å². The van der Waals surface area contributed by atoms with Gasteiger partial charge < -0.3 is 14.2 Å². The first-order valence-corrected chi connectivity index (χ1v) is 11.6. The predicted molar refractivity (Wildman–Crippen MR) is 122 cm³/mol. The van der Waals surface area contributed by atoms with Gasteiger partial charge >= 0.3 is 5.97 Å². The maximum Gasteiger partial charge on any atom is 0.344 e. The fourth-order valence-electron chi connectivity index (χ4n) is 3.06. The van der Waals surface area contributed by atoms with E-state index in [1.165, 1.54) is 44.9 Å². The summed E-state index contributed by atoms with van der Waals surface area (Å²) < 4.78 is 16.6. The van der Waals surface area contributed by atoms with Crippen LogP contribution in [-0.2, 0) is 0 Å². The molecule has 0 spiro atoms. The van der Waals surface area contributed by atoms with Crippen LogP contribution < -0.4 is 14.2 Å². The molecule has 1 aromatic heterocycles. The van der Waals surface area contributed by atoms with Crippen molar-refractivity contribution >= 4 is 5.97 Å². The van der Waals surface area contributed by atoms with Crippen molar-refractivity contribution in [1.29, 1.82) is 0 Å². The molecule has 0 unspecified atom stereocenters. The molecule has 31 heavy (non-hydrogen) atoms. The standard InChI is InChI=1S/C25H36N2O4/c1-3-5-7-9-11-19-29-22-15-13-21(14-16-22)25(28)31-24-18-17-23(26-27-24)30-20-12-10-8-6-4-2/h13-18H,3-12,19-20H2,1-2H3. The molecule has 1 aromatic carbocycles. The topological polar surface area (TPSA) is 70.5 Å². The summed E-state index contributed by atoms with van der Waals surface area (Å²) in [6.45, 7) is 5.71. The van der Waals surface area contributed by atoms with Gasteiger partial charge in [0.15, 0.2) is 0 Å². The van der Waals surface area contributed by atoms with Crippen LogP contribution in [0.2, 0.25) is 0 Å². The lowest BCUT2D eigenvalue weighted by Gasteiger charge is -2.08. The van der Waals surface area contributed by atoms with Gasteiger partial charge in [-0.15, -0.1) is 10.2 Å².